The molecule has 0 bridgehead atoms. The summed E-state index contributed by atoms with van der Waals surface area (Å²) in [7, 11) is 0. The number of benzene rings is 2. The van der Waals surface area contributed by atoms with Crippen LogP contribution in [0.2, 0.25) is 0 Å². The molecule has 174 valence electrons. The number of carbonyl (C=O) groups is 2. The number of rotatable bonds is 4. The van der Waals surface area contributed by atoms with Crippen molar-refractivity contribution < 1.29 is 32.2 Å². The van der Waals surface area contributed by atoms with E-state index < -0.39 is 29.7 Å². The van der Waals surface area contributed by atoms with E-state index in [1.807, 2.05) is 13.8 Å². The fourth-order valence-corrected chi connectivity index (χ4v) is 4.34. The first kappa shape index (κ1) is 22.0. The van der Waals surface area contributed by atoms with Gasteiger partial charge < -0.3 is 14.4 Å². The van der Waals surface area contributed by atoms with Crippen molar-refractivity contribution in [1.29, 1.82) is 0 Å². The summed E-state index contributed by atoms with van der Waals surface area (Å²) >= 11 is 0. The van der Waals surface area contributed by atoms with Crippen LogP contribution in [0.15, 0.2) is 77.4 Å². The van der Waals surface area contributed by atoms with Crippen LogP contribution in [0.1, 0.15) is 33.5 Å². The van der Waals surface area contributed by atoms with Crippen molar-refractivity contribution in [2.45, 2.75) is 39.1 Å². The van der Waals surface area contributed by atoms with Crippen molar-refractivity contribution in [1.82, 2.24) is 4.90 Å². The van der Waals surface area contributed by atoms with Crippen molar-refractivity contribution in [2.75, 3.05) is 0 Å². The lowest BCUT2D eigenvalue weighted by Gasteiger charge is -2.37. The monoisotopic (exact) mass is 467 g/mol. The van der Waals surface area contributed by atoms with Crippen LogP contribution in [0.4, 0.5) is 13.2 Å². The van der Waals surface area contributed by atoms with Crippen LogP contribution in [0.5, 0.6) is 0 Å². The molecule has 5 nitrogen and oxygen atoms in total. The Balaban J connectivity index is 1.57. The molecule has 1 atom stereocenters. The first-order chi connectivity index (χ1) is 16.1. The second-order valence-electron chi connectivity index (χ2n) is 8.54. The smallest absolute Gasteiger partial charge is 0.400 e. The molecule has 3 aliphatic rings. The van der Waals surface area contributed by atoms with Gasteiger partial charge in [0.2, 0.25) is 0 Å². The molecule has 1 aliphatic carbocycles. The maximum atomic E-state index is 14.4. The van der Waals surface area contributed by atoms with E-state index in [1.165, 1.54) is 18.3 Å². The van der Waals surface area contributed by atoms with Gasteiger partial charge in [0.1, 0.15) is 5.82 Å². The summed E-state index contributed by atoms with van der Waals surface area (Å²) in [5.74, 6) is -1.87. The number of carbonyl (C=O) groups excluding carboxylic acids is 2. The number of fused-ring (bicyclic) bond motifs is 1. The Morgan fingerprint density at radius 1 is 1.12 bits per heavy atom. The number of alkyl halides is 2. The van der Waals surface area contributed by atoms with E-state index in [2.05, 4.69) is 9.47 Å². The minimum absolute atomic E-state index is 0.0194. The van der Waals surface area contributed by atoms with Crippen LogP contribution >= 0.6 is 0 Å². The summed E-state index contributed by atoms with van der Waals surface area (Å²) < 4.78 is 50.9. The number of ketones is 2. The van der Waals surface area contributed by atoms with Crippen LogP contribution < -0.4 is 0 Å². The van der Waals surface area contributed by atoms with Crippen LogP contribution in [0.25, 0.3) is 0 Å². The Morgan fingerprint density at radius 2 is 1.88 bits per heavy atom. The zero-order chi connectivity index (χ0) is 24.2. The third-order valence-electron chi connectivity index (χ3n) is 6.30. The van der Waals surface area contributed by atoms with Crippen LogP contribution in [0, 0.1) is 19.7 Å². The number of ether oxygens (including phenoxy) is 2. The molecule has 5 rings (SSSR count). The highest BCUT2D eigenvalue weighted by Gasteiger charge is 2.49. The van der Waals surface area contributed by atoms with Gasteiger partial charge >= 0.3 is 6.29 Å². The molecule has 0 saturated carbocycles. The molecule has 34 heavy (non-hydrogen) atoms. The first-order valence-electron chi connectivity index (χ1n) is 10.7. The average Bonchev–Trinajstić information content (AvgIpc) is 3.10. The number of hydrogen-bond donors (Lipinski definition) is 0. The van der Waals surface area contributed by atoms with E-state index in [4.69, 9.17) is 0 Å². The Hall–Kier alpha value is -3.81. The highest BCUT2D eigenvalue weighted by molar-refractivity contribution is 6.31. The summed E-state index contributed by atoms with van der Waals surface area (Å²) in [6.45, 7) is 3.79. The molecule has 0 fully saturated rings. The van der Waals surface area contributed by atoms with E-state index in [1.54, 1.807) is 41.3 Å². The molecule has 2 heterocycles. The molecule has 0 N–H and O–H groups in total. The van der Waals surface area contributed by atoms with Gasteiger partial charge in [-0.25, -0.2) is 4.39 Å². The first-order valence-corrected chi connectivity index (χ1v) is 10.7. The summed E-state index contributed by atoms with van der Waals surface area (Å²) in [4.78, 5) is 28.3. The normalized spacial score (nSPS) is 20.7. The van der Waals surface area contributed by atoms with Gasteiger partial charge in [-0.15, -0.1) is 8.78 Å². The van der Waals surface area contributed by atoms with Crippen molar-refractivity contribution in [3.63, 3.8) is 0 Å². The molecule has 2 aliphatic heterocycles. The van der Waals surface area contributed by atoms with Gasteiger partial charge in [-0.3, -0.25) is 9.59 Å². The van der Waals surface area contributed by atoms with Crippen molar-refractivity contribution in [3.8, 4) is 0 Å². The second kappa shape index (κ2) is 7.90. The molecule has 0 spiro atoms. The van der Waals surface area contributed by atoms with Crippen molar-refractivity contribution in [3.05, 3.63) is 105 Å². The predicted octanol–water partition coefficient (Wildman–Crippen LogP) is 5.10. The number of aryl methyl sites for hydroxylation is 2. The van der Waals surface area contributed by atoms with Gasteiger partial charge in [0.25, 0.3) is 0 Å². The Labute approximate surface area is 193 Å². The zero-order valence-corrected chi connectivity index (χ0v) is 18.4. The molecular weight excluding hydrogens is 447 g/mol. The Morgan fingerprint density at radius 3 is 2.62 bits per heavy atom. The van der Waals surface area contributed by atoms with Gasteiger partial charge in [-0.05, 0) is 43.2 Å². The fourth-order valence-electron chi connectivity index (χ4n) is 4.34. The van der Waals surface area contributed by atoms with E-state index in [9.17, 15) is 22.8 Å². The zero-order valence-electron chi connectivity index (χ0n) is 18.4. The third kappa shape index (κ3) is 3.79. The third-order valence-corrected chi connectivity index (χ3v) is 6.30. The number of Topliss-reactive ketones (excluding diaryl/α,β-unsaturated/α-hetero) is 2. The molecule has 0 saturated heterocycles. The molecule has 0 aromatic heterocycles. The molecule has 8 heteroatoms. The number of nitrogens with zero attached hydrogens (tertiary/aromatic N) is 1. The van der Waals surface area contributed by atoms with E-state index in [0.717, 1.165) is 11.1 Å². The molecule has 0 unspecified atom stereocenters. The van der Waals surface area contributed by atoms with Gasteiger partial charge in [0.05, 0.1) is 11.6 Å². The summed E-state index contributed by atoms with van der Waals surface area (Å²) in [5, 5.41) is 0. The quantitative estimate of drug-likeness (QED) is 0.463. The lowest BCUT2D eigenvalue weighted by Crippen LogP contribution is -2.42. The predicted molar refractivity (Wildman–Crippen MR) is 116 cm³/mol. The van der Waals surface area contributed by atoms with Crippen LogP contribution in [0.3, 0.4) is 0 Å². The Kier molecular flexibility index (Phi) is 5.11. The molecular formula is C26H20F3NO4. The maximum Gasteiger partial charge on any atom is 0.585 e. The topological polar surface area (TPSA) is 55.8 Å². The van der Waals surface area contributed by atoms with Crippen molar-refractivity contribution in [2.24, 2.45) is 0 Å². The average molecular weight is 467 g/mol. The van der Waals surface area contributed by atoms with Gasteiger partial charge in [0, 0.05) is 35.9 Å². The van der Waals surface area contributed by atoms with E-state index in [0.29, 0.717) is 11.1 Å². The molecule has 2 aromatic carbocycles. The van der Waals surface area contributed by atoms with Crippen LogP contribution in [-0.2, 0) is 20.8 Å². The fraction of sp³-hybridized carbons (Fsp3) is 0.231. The summed E-state index contributed by atoms with van der Waals surface area (Å²) in [5.41, 5.74) is 2.54. The highest BCUT2D eigenvalue weighted by Crippen LogP contribution is 2.43. The molecule has 0 radical (unpaired) electrons. The van der Waals surface area contributed by atoms with Gasteiger partial charge in [0.15, 0.2) is 23.1 Å². The number of hydrogen-bond acceptors (Lipinski definition) is 5. The number of allylic oxidation sites excluding steroid dienone is 2. The second-order valence-corrected chi connectivity index (χ2v) is 8.54. The van der Waals surface area contributed by atoms with Crippen LogP contribution in [-0.4, -0.2) is 28.8 Å². The van der Waals surface area contributed by atoms with Gasteiger partial charge in [-0.2, -0.15) is 0 Å². The minimum Gasteiger partial charge on any atom is -0.400 e. The standard InChI is InChI=1S/C26H20F3NO4/c1-14-7-8-16(9-15(14)2)24(31)19-13-30(12-17-5-3-4-6-20(17)27)21-11-23-22(10-18(21)25(19)32)33-26(28,29)34-23/h3-10,13,21H,11-12H2,1-2H3/t21-/m0/s1. The van der Waals surface area contributed by atoms with E-state index >= 15 is 0 Å². The molecule has 0 amide bonds. The highest BCUT2D eigenvalue weighted by atomic mass is 19.3. The lowest BCUT2D eigenvalue weighted by atomic mass is 9.83. The van der Waals surface area contributed by atoms with Gasteiger partial charge in [-0.1, -0.05) is 30.3 Å². The maximum absolute atomic E-state index is 14.4. The summed E-state index contributed by atoms with van der Waals surface area (Å²) in [6.07, 6.45) is -1.33. The summed E-state index contributed by atoms with van der Waals surface area (Å²) in [6, 6.07) is 10.5. The van der Waals surface area contributed by atoms with E-state index in [-0.39, 0.29) is 35.6 Å². The SMILES string of the molecule is Cc1ccc(C(=O)C2=CN(Cc3ccccc3F)[C@H]3CC4=C(C=C3C2=O)OC(F)(F)O4)cc1C. The minimum atomic E-state index is -3.83. The largest absolute Gasteiger partial charge is 0.585 e. The molecule has 2 aromatic rings. The number of halogens is 3. The lowest BCUT2D eigenvalue weighted by molar-refractivity contribution is -0.336. The Bertz CT molecular complexity index is 1330. The van der Waals surface area contributed by atoms with Crippen molar-refractivity contribution >= 4 is 11.6 Å².